The first kappa shape index (κ1) is 14.8. The molecule has 110 valence electrons. The van der Waals surface area contributed by atoms with Gasteiger partial charge in [0.15, 0.2) is 0 Å². The average molecular weight is 286 g/mol. The van der Waals surface area contributed by atoms with E-state index < -0.39 is 0 Å². The number of methoxy groups -OCH3 is 1. The zero-order chi connectivity index (χ0) is 15.2. The number of anilines is 2. The van der Waals surface area contributed by atoms with Gasteiger partial charge in [-0.15, -0.1) is 0 Å². The zero-order valence-electron chi connectivity index (χ0n) is 12.3. The highest BCUT2D eigenvalue weighted by Gasteiger charge is 2.06. The summed E-state index contributed by atoms with van der Waals surface area (Å²) >= 11 is 0. The number of hydrogen-bond acceptors (Lipinski definition) is 5. The summed E-state index contributed by atoms with van der Waals surface area (Å²) in [6.07, 6.45) is 1.70. The molecule has 2 aromatic rings. The number of ether oxygens (including phenoxy) is 2. The lowest BCUT2D eigenvalue weighted by atomic mass is 10.2. The first-order chi connectivity index (χ1) is 10.1. The van der Waals surface area contributed by atoms with Gasteiger partial charge in [-0.25, -0.2) is 9.78 Å². The summed E-state index contributed by atoms with van der Waals surface area (Å²) in [5.74, 6) is 1.00. The molecule has 5 heteroatoms. The molecule has 0 atom stereocenters. The lowest BCUT2D eigenvalue weighted by molar-refractivity contribution is 0.0600. The lowest BCUT2D eigenvalue weighted by Crippen LogP contribution is -2.05. The Labute approximate surface area is 123 Å². The van der Waals surface area contributed by atoms with Crippen LogP contribution in [0.4, 0.5) is 11.5 Å². The highest BCUT2D eigenvalue weighted by Crippen LogP contribution is 2.20. The maximum atomic E-state index is 11.5. The number of carbonyl (C=O) groups is 1. The minimum atomic E-state index is -0.388. The molecule has 0 radical (unpaired) electrons. The topological polar surface area (TPSA) is 60.5 Å². The van der Waals surface area contributed by atoms with E-state index in [4.69, 9.17) is 4.74 Å². The van der Waals surface area contributed by atoms with Crippen molar-refractivity contribution in [2.45, 2.75) is 20.0 Å². The quantitative estimate of drug-likeness (QED) is 0.854. The van der Waals surface area contributed by atoms with Gasteiger partial charge in [-0.1, -0.05) is 0 Å². The van der Waals surface area contributed by atoms with E-state index in [1.807, 2.05) is 38.1 Å². The SMILES string of the molecule is COC(=O)c1ccnc(Nc2ccc(OC(C)C)cc2)c1. The van der Waals surface area contributed by atoms with Crippen LogP contribution in [-0.2, 0) is 4.74 Å². The van der Waals surface area contributed by atoms with Gasteiger partial charge in [0.1, 0.15) is 11.6 Å². The zero-order valence-corrected chi connectivity index (χ0v) is 12.3. The maximum absolute atomic E-state index is 11.5. The highest BCUT2D eigenvalue weighted by molar-refractivity contribution is 5.90. The maximum Gasteiger partial charge on any atom is 0.338 e. The highest BCUT2D eigenvalue weighted by atomic mass is 16.5. The number of aromatic nitrogens is 1. The number of nitrogens with one attached hydrogen (secondary N) is 1. The minimum absolute atomic E-state index is 0.141. The summed E-state index contributed by atoms with van der Waals surface area (Å²) in [5.41, 5.74) is 1.32. The van der Waals surface area contributed by atoms with Crippen LogP contribution in [0.25, 0.3) is 0 Å². The first-order valence-electron chi connectivity index (χ1n) is 6.66. The molecule has 0 unspecified atom stereocenters. The number of pyridine rings is 1. The number of nitrogens with zero attached hydrogens (tertiary/aromatic N) is 1. The molecule has 0 aliphatic heterocycles. The van der Waals surface area contributed by atoms with Crippen LogP contribution in [0, 0.1) is 0 Å². The molecule has 1 N–H and O–H groups in total. The summed E-state index contributed by atoms with van der Waals surface area (Å²) in [7, 11) is 1.35. The first-order valence-corrected chi connectivity index (χ1v) is 6.66. The third-order valence-corrected chi connectivity index (χ3v) is 2.68. The second-order valence-corrected chi connectivity index (χ2v) is 4.74. The monoisotopic (exact) mass is 286 g/mol. The van der Waals surface area contributed by atoms with Crippen LogP contribution in [0.3, 0.4) is 0 Å². The van der Waals surface area contributed by atoms with Gasteiger partial charge in [0, 0.05) is 11.9 Å². The molecular formula is C16H18N2O3. The second-order valence-electron chi connectivity index (χ2n) is 4.74. The van der Waals surface area contributed by atoms with Gasteiger partial charge in [0.05, 0.1) is 18.8 Å². The largest absolute Gasteiger partial charge is 0.491 e. The van der Waals surface area contributed by atoms with Gasteiger partial charge in [-0.2, -0.15) is 0 Å². The van der Waals surface area contributed by atoms with Crippen molar-refractivity contribution < 1.29 is 14.3 Å². The van der Waals surface area contributed by atoms with Crippen molar-refractivity contribution in [1.29, 1.82) is 0 Å². The minimum Gasteiger partial charge on any atom is -0.491 e. The standard InChI is InChI=1S/C16H18N2O3/c1-11(2)21-14-6-4-13(5-7-14)18-15-10-12(8-9-17-15)16(19)20-3/h4-11H,1-3H3,(H,17,18). The molecule has 0 spiro atoms. The summed E-state index contributed by atoms with van der Waals surface area (Å²) in [4.78, 5) is 15.6. The van der Waals surface area contributed by atoms with Crippen LogP contribution >= 0.6 is 0 Å². The summed E-state index contributed by atoms with van der Waals surface area (Å²) in [5, 5.41) is 3.13. The second kappa shape index (κ2) is 6.74. The molecule has 0 fully saturated rings. The molecule has 0 saturated carbocycles. The number of hydrogen-bond donors (Lipinski definition) is 1. The van der Waals surface area contributed by atoms with E-state index in [2.05, 4.69) is 15.0 Å². The predicted octanol–water partition coefficient (Wildman–Crippen LogP) is 3.40. The molecule has 2 rings (SSSR count). The van der Waals surface area contributed by atoms with Crippen LogP contribution in [-0.4, -0.2) is 24.2 Å². The number of rotatable bonds is 5. The Morgan fingerprint density at radius 2 is 1.90 bits per heavy atom. The van der Waals surface area contributed by atoms with E-state index in [0.29, 0.717) is 11.4 Å². The van der Waals surface area contributed by atoms with Crippen molar-refractivity contribution in [3.8, 4) is 5.75 Å². The summed E-state index contributed by atoms with van der Waals surface area (Å²) < 4.78 is 10.3. The molecule has 0 aliphatic carbocycles. The molecule has 0 amide bonds. The van der Waals surface area contributed by atoms with E-state index in [0.717, 1.165) is 11.4 Å². The van der Waals surface area contributed by atoms with Crippen LogP contribution in [0.5, 0.6) is 5.75 Å². The Hall–Kier alpha value is -2.56. The molecule has 1 aromatic heterocycles. The molecule has 0 bridgehead atoms. The molecule has 1 aromatic carbocycles. The van der Waals surface area contributed by atoms with Crippen molar-refractivity contribution in [2.24, 2.45) is 0 Å². The van der Waals surface area contributed by atoms with E-state index in [-0.39, 0.29) is 12.1 Å². The van der Waals surface area contributed by atoms with Crippen molar-refractivity contribution in [3.63, 3.8) is 0 Å². The molecule has 21 heavy (non-hydrogen) atoms. The van der Waals surface area contributed by atoms with Gasteiger partial charge in [0.25, 0.3) is 0 Å². The predicted molar refractivity (Wildman–Crippen MR) is 81.1 cm³/mol. The molecule has 0 aliphatic rings. The fraction of sp³-hybridized carbons (Fsp3) is 0.250. The third kappa shape index (κ3) is 4.21. The van der Waals surface area contributed by atoms with Gasteiger partial charge in [-0.3, -0.25) is 0 Å². The van der Waals surface area contributed by atoms with Gasteiger partial charge in [-0.05, 0) is 50.2 Å². The average Bonchev–Trinajstić information content (AvgIpc) is 2.48. The van der Waals surface area contributed by atoms with Crippen LogP contribution in [0.2, 0.25) is 0 Å². The van der Waals surface area contributed by atoms with E-state index in [1.54, 1.807) is 18.3 Å². The molecule has 5 nitrogen and oxygen atoms in total. The van der Waals surface area contributed by atoms with Crippen molar-refractivity contribution in [1.82, 2.24) is 4.98 Å². The summed E-state index contributed by atoms with van der Waals surface area (Å²) in [6.45, 7) is 3.96. The van der Waals surface area contributed by atoms with Gasteiger partial charge < -0.3 is 14.8 Å². The Balaban J connectivity index is 2.09. The molecule has 1 heterocycles. The van der Waals surface area contributed by atoms with Crippen LogP contribution < -0.4 is 10.1 Å². The Bertz CT molecular complexity index is 609. The Kier molecular flexibility index (Phi) is 4.77. The third-order valence-electron chi connectivity index (χ3n) is 2.68. The van der Waals surface area contributed by atoms with Crippen molar-refractivity contribution in [2.75, 3.05) is 12.4 Å². The molecule has 0 saturated heterocycles. The normalized spacial score (nSPS) is 10.3. The fourth-order valence-corrected chi connectivity index (χ4v) is 1.78. The van der Waals surface area contributed by atoms with Crippen LogP contribution in [0.1, 0.15) is 24.2 Å². The lowest BCUT2D eigenvalue weighted by Gasteiger charge is -2.11. The summed E-state index contributed by atoms with van der Waals surface area (Å²) in [6, 6.07) is 10.8. The van der Waals surface area contributed by atoms with E-state index >= 15 is 0 Å². The van der Waals surface area contributed by atoms with E-state index in [1.165, 1.54) is 7.11 Å². The molecular weight excluding hydrogens is 268 g/mol. The number of carbonyl (C=O) groups excluding carboxylic acids is 1. The Morgan fingerprint density at radius 3 is 2.52 bits per heavy atom. The number of esters is 1. The number of benzene rings is 1. The fourth-order valence-electron chi connectivity index (χ4n) is 1.78. The van der Waals surface area contributed by atoms with E-state index in [9.17, 15) is 4.79 Å². The smallest absolute Gasteiger partial charge is 0.338 e. The Morgan fingerprint density at radius 1 is 1.19 bits per heavy atom. The van der Waals surface area contributed by atoms with Crippen molar-refractivity contribution in [3.05, 3.63) is 48.2 Å². The van der Waals surface area contributed by atoms with Gasteiger partial charge >= 0.3 is 5.97 Å². The van der Waals surface area contributed by atoms with Crippen molar-refractivity contribution >= 4 is 17.5 Å². The van der Waals surface area contributed by atoms with Gasteiger partial charge in [0.2, 0.25) is 0 Å². The van der Waals surface area contributed by atoms with Crippen LogP contribution in [0.15, 0.2) is 42.6 Å².